The molecule has 4 nitrogen and oxygen atoms in total. The smallest absolute Gasteiger partial charge is 0.224 e. The molecule has 2 aromatic rings. The number of carbonyl (C=O) groups excluding carboxylic acids is 1. The summed E-state index contributed by atoms with van der Waals surface area (Å²) in [5.41, 5.74) is 3.04. The normalized spacial score (nSPS) is 11.9. The zero-order valence-electron chi connectivity index (χ0n) is 12.5. The van der Waals surface area contributed by atoms with Crippen molar-refractivity contribution in [2.24, 2.45) is 0 Å². The highest BCUT2D eigenvalue weighted by Gasteiger charge is 2.06. The summed E-state index contributed by atoms with van der Waals surface area (Å²) >= 11 is 0. The third-order valence-electron chi connectivity index (χ3n) is 3.33. The maximum atomic E-state index is 11.3. The Hall–Kier alpha value is -2.20. The molecule has 1 amide bonds. The minimum Gasteiger partial charge on any atom is -0.326 e. The van der Waals surface area contributed by atoms with Crippen LogP contribution in [0.2, 0.25) is 0 Å². The average molecular weight is 283 g/mol. The molecule has 0 aliphatic rings. The number of nitrogens with one attached hydrogen (secondary N) is 2. The number of hydrogen-bond acceptors (Lipinski definition) is 3. The van der Waals surface area contributed by atoms with Crippen molar-refractivity contribution in [2.45, 2.75) is 32.9 Å². The molecule has 2 N–H and O–H groups in total. The molecular weight excluding hydrogens is 262 g/mol. The van der Waals surface area contributed by atoms with Gasteiger partial charge >= 0.3 is 0 Å². The second kappa shape index (κ2) is 7.55. The monoisotopic (exact) mass is 283 g/mol. The van der Waals surface area contributed by atoms with Gasteiger partial charge in [-0.1, -0.05) is 25.1 Å². The number of benzene rings is 1. The summed E-state index contributed by atoms with van der Waals surface area (Å²) in [4.78, 5) is 15.6. The lowest BCUT2D eigenvalue weighted by Gasteiger charge is -2.14. The van der Waals surface area contributed by atoms with Crippen molar-refractivity contribution in [1.29, 1.82) is 0 Å². The van der Waals surface area contributed by atoms with E-state index in [2.05, 4.69) is 22.5 Å². The second-order valence-electron chi connectivity index (χ2n) is 4.95. The average Bonchev–Trinajstić information content (AvgIpc) is 2.54. The Kier molecular flexibility index (Phi) is 5.46. The fraction of sp³-hybridized carbons (Fsp3) is 0.294. The van der Waals surface area contributed by atoms with Crippen molar-refractivity contribution < 1.29 is 4.79 Å². The summed E-state index contributed by atoms with van der Waals surface area (Å²) in [6.07, 6.45) is 2.29. The minimum atomic E-state index is 0.0316. The molecule has 1 aromatic heterocycles. The summed E-state index contributed by atoms with van der Waals surface area (Å²) in [5, 5.41) is 6.28. The molecule has 0 saturated carbocycles. The van der Waals surface area contributed by atoms with Crippen LogP contribution < -0.4 is 10.6 Å². The summed E-state index contributed by atoms with van der Waals surface area (Å²) in [7, 11) is 0. The van der Waals surface area contributed by atoms with Gasteiger partial charge in [0, 0.05) is 30.9 Å². The zero-order chi connectivity index (χ0) is 15.1. The van der Waals surface area contributed by atoms with E-state index in [9.17, 15) is 4.79 Å². The van der Waals surface area contributed by atoms with Gasteiger partial charge in [0.15, 0.2) is 0 Å². The Balaban J connectivity index is 1.90. The van der Waals surface area contributed by atoms with Crippen molar-refractivity contribution in [3.63, 3.8) is 0 Å². The Labute approximate surface area is 125 Å². The molecular formula is C17H21N3O. The SMILES string of the molecule is CCC(=O)Nc1ccc(C(C)NCc2ccccn2)cc1. The summed E-state index contributed by atoms with van der Waals surface area (Å²) < 4.78 is 0. The first-order chi connectivity index (χ1) is 10.2. The minimum absolute atomic E-state index is 0.0316. The van der Waals surface area contributed by atoms with Gasteiger partial charge in [0.1, 0.15) is 0 Å². The van der Waals surface area contributed by atoms with Crippen LogP contribution in [0.4, 0.5) is 5.69 Å². The Morgan fingerprint density at radius 3 is 2.57 bits per heavy atom. The molecule has 0 aliphatic carbocycles. The lowest BCUT2D eigenvalue weighted by atomic mass is 10.1. The van der Waals surface area contributed by atoms with Crippen LogP contribution in [0.3, 0.4) is 0 Å². The zero-order valence-corrected chi connectivity index (χ0v) is 12.5. The van der Waals surface area contributed by atoms with Crippen LogP contribution >= 0.6 is 0 Å². The Morgan fingerprint density at radius 1 is 1.19 bits per heavy atom. The van der Waals surface area contributed by atoms with E-state index in [1.54, 1.807) is 6.20 Å². The molecule has 21 heavy (non-hydrogen) atoms. The predicted molar refractivity (Wildman–Crippen MR) is 84.9 cm³/mol. The number of rotatable bonds is 6. The van der Waals surface area contributed by atoms with Gasteiger partial charge in [0.05, 0.1) is 5.69 Å². The molecule has 1 heterocycles. The van der Waals surface area contributed by atoms with Crippen molar-refractivity contribution in [3.05, 3.63) is 59.9 Å². The first-order valence-corrected chi connectivity index (χ1v) is 7.22. The Bertz CT molecular complexity index is 566. The van der Waals surface area contributed by atoms with Crippen molar-refractivity contribution >= 4 is 11.6 Å². The topological polar surface area (TPSA) is 54.0 Å². The van der Waals surface area contributed by atoms with E-state index in [4.69, 9.17) is 0 Å². The lowest BCUT2D eigenvalue weighted by molar-refractivity contribution is -0.115. The van der Waals surface area contributed by atoms with Gasteiger partial charge < -0.3 is 10.6 Å². The first-order valence-electron chi connectivity index (χ1n) is 7.22. The van der Waals surface area contributed by atoms with Gasteiger partial charge in [-0.25, -0.2) is 0 Å². The number of carbonyl (C=O) groups is 1. The van der Waals surface area contributed by atoms with E-state index in [-0.39, 0.29) is 11.9 Å². The molecule has 1 atom stereocenters. The third-order valence-corrected chi connectivity index (χ3v) is 3.33. The van der Waals surface area contributed by atoms with Crippen molar-refractivity contribution in [3.8, 4) is 0 Å². The molecule has 0 saturated heterocycles. The first kappa shape index (κ1) is 15.2. The highest BCUT2D eigenvalue weighted by atomic mass is 16.1. The maximum Gasteiger partial charge on any atom is 0.224 e. The lowest BCUT2D eigenvalue weighted by Crippen LogP contribution is -2.18. The molecule has 2 rings (SSSR count). The molecule has 1 unspecified atom stereocenters. The van der Waals surface area contributed by atoms with E-state index in [0.29, 0.717) is 6.42 Å². The van der Waals surface area contributed by atoms with Crippen LogP contribution in [-0.4, -0.2) is 10.9 Å². The van der Waals surface area contributed by atoms with Gasteiger partial charge in [-0.15, -0.1) is 0 Å². The van der Waals surface area contributed by atoms with Crippen LogP contribution in [0.1, 0.15) is 37.6 Å². The second-order valence-corrected chi connectivity index (χ2v) is 4.95. The number of amides is 1. The maximum absolute atomic E-state index is 11.3. The van der Waals surface area contributed by atoms with Gasteiger partial charge in [-0.2, -0.15) is 0 Å². The van der Waals surface area contributed by atoms with Crippen LogP contribution in [0.25, 0.3) is 0 Å². The van der Waals surface area contributed by atoms with Crippen molar-refractivity contribution in [2.75, 3.05) is 5.32 Å². The van der Waals surface area contributed by atoms with Crippen LogP contribution in [0.5, 0.6) is 0 Å². The fourth-order valence-electron chi connectivity index (χ4n) is 1.98. The standard InChI is InChI=1S/C17H21N3O/c1-3-17(21)20-15-9-7-14(8-10-15)13(2)19-12-16-6-4-5-11-18-16/h4-11,13,19H,3,12H2,1-2H3,(H,20,21). The van der Waals surface area contributed by atoms with E-state index in [1.165, 1.54) is 5.56 Å². The van der Waals surface area contributed by atoms with Crippen LogP contribution in [-0.2, 0) is 11.3 Å². The van der Waals surface area contributed by atoms with E-state index < -0.39 is 0 Å². The largest absolute Gasteiger partial charge is 0.326 e. The number of anilines is 1. The van der Waals surface area contributed by atoms with Crippen LogP contribution in [0, 0.1) is 0 Å². The van der Waals surface area contributed by atoms with Crippen molar-refractivity contribution in [1.82, 2.24) is 10.3 Å². The van der Waals surface area contributed by atoms with E-state index in [0.717, 1.165) is 17.9 Å². The van der Waals surface area contributed by atoms with E-state index in [1.807, 2.05) is 49.4 Å². The molecule has 110 valence electrons. The van der Waals surface area contributed by atoms with E-state index >= 15 is 0 Å². The third kappa shape index (κ3) is 4.68. The van der Waals surface area contributed by atoms with Gasteiger partial charge in [-0.3, -0.25) is 9.78 Å². The molecule has 0 bridgehead atoms. The number of pyridine rings is 1. The highest BCUT2D eigenvalue weighted by molar-refractivity contribution is 5.90. The molecule has 0 aliphatic heterocycles. The summed E-state index contributed by atoms with van der Waals surface area (Å²) in [5.74, 6) is 0.0316. The van der Waals surface area contributed by atoms with Gasteiger partial charge in [0.25, 0.3) is 0 Å². The quantitative estimate of drug-likeness (QED) is 0.855. The summed E-state index contributed by atoms with van der Waals surface area (Å²) in [6, 6.07) is 14.0. The molecule has 0 fully saturated rings. The Morgan fingerprint density at radius 2 is 1.95 bits per heavy atom. The molecule has 1 aromatic carbocycles. The van der Waals surface area contributed by atoms with Crippen LogP contribution in [0.15, 0.2) is 48.7 Å². The predicted octanol–water partition coefficient (Wildman–Crippen LogP) is 3.28. The molecule has 4 heteroatoms. The number of aromatic nitrogens is 1. The fourth-order valence-corrected chi connectivity index (χ4v) is 1.98. The summed E-state index contributed by atoms with van der Waals surface area (Å²) in [6.45, 7) is 4.69. The highest BCUT2D eigenvalue weighted by Crippen LogP contribution is 2.16. The van der Waals surface area contributed by atoms with Gasteiger partial charge in [0.2, 0.25) is 5.91 Å². The molecule has 0 radical (unpaired) electrons. The molecule has 0 spiro atoms. The van der Waals surface area contributed by atoms with Gasteiger partial charge in [-0.05, 0) is 36.8 Å². The number of hydrogen-bond donors (Lipinski definition) is 2. The number of nitrogens with zero attached hydrogens (tertiary/aromatic N) is 1.